The third kappa shape index (κ3) is 3.66. The van der Waals surface area contributed by atoms with E-state index in [2.05, 4.69) is 4.74 Å². The summed E-state index contributed by atoms with van der Waals surface area (Å²) in [5, 5.41) is 9.40. The van der Waals surface area contributed by atoms with E-state index >= 15 is 0 Å². The molecule has 0 unspecified atom stereocenters. The summed E-state index contributed by atoms with van der Waals surface area (Å²) < 4.78 is 72.5. The van der Waals surface area contributed by atoms with Gasteiger partial charge in [-0.1, -0.05) is 0 Å². The molecule has 1 saturated carbocycles. The minimum absolute atomic E-state index is 0.199. The second-order valence-electron chi connectivity index (χ2n) is 6.03. The number of Topliss-reactive ketones (excluding diaryl/α,β-unsaturated/α-hetero) is 1. The largest absolute Gasteiger partial charge is 0.462 e. The lowest BCUT2D eigenvalue weighted by Crippen LogP contribution is -2.34. The third-order valence-electron chi connectivity index (χ3n) is 4.37. The summed E-state index contributed by atoms with van der Waals surface area (Å²) in [6, 6.07) is 0. The van der Waals surface area contributed by atoms with Gasteiger partial charge in [0.05, 0.1) is 18.8 Å². The minimum Gasteiger partial charge on any atom is -0.462 e. The molecule has 10 heteroatoms. The number of ketones is 1. The fourth-order valence-corrected chi connectivity index (χ4v) is 2.45. The van der Waals surface area contributed by atoms with E-state index in [1.165, 1.54) is 18.9 Å². The zero-order valence-electron chi connectivity index (χ0n) is 14.4. The monoisotopic (exact) mass is 393 g/mol. The Bertz CT molecular complexity index is 791. The van der Waals surface area contributed by atoms with Gasteiger partial charge in [0.1, 0.15) is 11.1 Å². The Morgan fingerprint density at radius 3 is 1.96 bits per heavy atom. The first-order valence-corrected chi connectivity index (χ1v) is 7.90. The van der Waals surface area contributed by atoms with Crippen molar-refractivity contribution in [1.82, 2.24) is 4.90 Å². The Balaban J connectivity index is 2.58. The molecule has 5 nitrogen and oxygen atoms in total. The highest BCUT2D eigenvalue weighted by Crippen LogP contribution is 2.41. The molecule has 1 aliphatic rings. The average molecular weight is 393 g/mol. The van der Waals surface area contributed by atoms with Crippen LogP contribution >= 0.6 is 0 Å². The van der Waals surface area contributed by atoms with Gasteiger partial charge < -0.3 is 14.7 Å². The van der Waals surface area contributed by atoms with Crippen molar-refractivity contribution in [3.63, 3.8) is 0 Å². The van der Waals surface area contributed by atoms with Gasteiger partial charge in [-0.3, -0.25) is 4.79 Å². The lowest BCUT2D eigenvalue weighted by molar-refractivity contribution is -0.138. The number of aliphatic hydroxyl groups excluding tert-OH is 1. The molecular weight excluding hydrogens is 377 g/mol. The van der Waals surface area contributed by atoms with Crippen LogP contribution in [0.3, 0.4) is 0 Å². The van der Waals surface area contributed by atoms with Crippen LogP contribution in [-0.4, -0.2) is 47.6 Å². The number of esters is 1. The van der Waals surface area contributed by atoms with Crippen molar-refractivity contribution in [2.24, 2.45) is 0 Å². The Morgan fingerprint density at radius 1 is 1.07 bits per heavy atom. The molecule has 0 saturated heterocycles. The van der Waals surface area contributed by atoms with Gasteiger partial charge in [-0.15, -0.1) is 0 Å². The van der Waals surface area contributed by atoms with Gasteiger partial charge in [0.25, 0.3) is 0 Å². The van der Waals surface area contributed by atoms with Crippen LogP contribution in [0.5, 0.6) is 0 Å². The fraction of sp³-hybridized carbons (Fsp3) is 0.412. The van der Waals surface area contributed by atoms with Gasteiger partial charge >= 0.3 is 5.97 Å². The second-order valence-corrected chi connectivity index (χ2v) is 6.03. The molecule has 0 radical (unpaired) electrons. The van der Waals surface area contributed by atoms with Crippen LogP contribution in [0.4, 0.5) is 22.0 Å². The highest BCUT2D eigenvalue weighted by molar-refractivity contribution is 6.24. The number of likely N-dealkylation sites (N-methyl/N-ethyl adjacent to an activating group) is 1. The summed E-state index contributed by atoms with van der Waals surface area (Å²) in [5.41, 5.74) is -3.45. The molecule has 0 aliphatic heterocycles. The molecule has 1 aliphatic carbocycles. The summed E-state index contributed by atoms with van der Waals surface area (Å²) in [5.74, 6) is -14.7. The van der Waals surface area contributed by atoms with Gasteiger partial charge in [0.2, 0.25) is 11.6 Å². The first-order chi connectivity index (χ1) is 12.6. The summed E-state index contributed by atoms with van der Waals surface area (Å²) >= 11 is 0. The maximum atomic E-state index is 13.9. The van der Waals surface area contributed by atoms with Crippen molar-refractivity contribution in [2.75, 3.05) is 20.3 Å². The molecule has 0 heterocycles. The van der Waals surface area contributed by atoms with Crippen molar-refractivity contribution < 1.29 is 41.4 Å². The lowest BCUT2D eigenvalue weighted by Gasteiger charge is -2.25. The van der Waals surface area contributed by atoms with Gasteiger partial charge in [-0.05, 0) is 19.8 Å². The van der Waals surface area contributed by atoms with Crippen LogP contribution < -0.4 is 0 Å². The molecule has 0 aromatic heterocycles. The number of benzene rings is 1. The zero-order valence-corrected chi connectivity index (χ0v) is 14.4. The molecule has 0 spiro atoms. The number of hydrogen-bond donors (Lipinski definition) is 1. The van der Waals surface area contributed by atoms with Gasteiger partial charge in [0, 0.05) is 13.2 Å². The molecule has 1 N–H and O–H groups in total. The van der Waals surface area contributed by atoms with E-state index in [1.54, 1.807) is 0 Å². The van der Waals surface area contributed by atoms with Gasteiger partial charge in [0.15, 0.2) is 23.3 Å². The van der Waals surface area contributed by atoms with Gasteiger partial charge in [-0.2, -0.15) is 0 Å². The number of ether oxygens (including phenoxy) is 1. The SMILES string of the molecule is CCOC(=O)C(=CN(C)C1(CO)CC1)C(=O)c1c(F)c(F)c(F)c(F)c1F. The number of rotatable bonds is 7. The maximum Gasteiger partial charge on any atom is 0.343 e. The first-order valence-electron chi connectivity index (χ1n) is 7.90. The molecule has 2 rings (SSSR count). The highest BCUT2D eigenvalue weighted by Gasteiger charge is 2.46. The zero-order chi connectivity index (χ0) is 20.5. The van der Waals surface area contributed by atoms with Crippen LogP contribution in [0, 0.1) is 29.1 Å². The molecule has 148 valence electrons. The molecular formula is C17H16F5NO4. The van der Waals surface area contributed by atoms with Crippen molar-refractivity contribution in [3.8, 4) is 0 Å². The molecule has 1 aromatic carbocycles. The smallest absolute Gasteiger partial charge is 0.343 e. The predicted octanol–water partition coefficient (Wildman–Crippen LogP) is 2.47. The molecule has 27 heavy (non-hydrogen) atoms. The first kappa shape index (κ1) is 20.8. The van der Waals surface area contributed by atoms with Crippen molar-refractivity contribution >= 4 is 11.8 Å². The number of nitrogens with zero attached hydrogens (tertiary/aromatic N) is 1. The maximum absolute atomic E-state index is 13.9. The quantitative estimate of drug-likeness (QED) is 0.113. The van der Waals surface area contributed by atoms with Crippen LogP contribution in [-0.2, 0) is 9.53 Å². The van der Waals surface area contributed by atoms with E-state index < -0.39 is 57.5 Å². The van der Waals surface area contributed by atoms with E-state index in [4.69, 9.17) is 0 Å². The topological polar surface area (TPSA) is 66.8 Å². The van der Waals surface area contributed by atoms with Crippen molar-refractivity contribution in [3.05, 3.63) is 46.4 Å². The minimum atomic E-state index is -2.42. The van der Waals surface area contributed by atoms with E-state index in [0.717, 1.165) is 6.20 Å². The van der Waals surface area contributed by atoms with Crippen molar-refractivity contribution in [1.29, 1.82) is 0 Å². The third-order valence-corrected chi connectivity index (χ3v) is 4.37. The van der Waals surface area contributed by atoms with Crippen molar-refractivity contribution in [2.45, 2.75) is 25.3 Å². The Labute approximate surface area is 151 Å². The summed E-state index contributed by atoms with van der Waals surface area (Å²) in [6.45, 7) is 0.875. The van der Waals surface area contributed by atoms with Crippen LogP contribution in [0.1, 0.15) is 30.1 Å². The van der Waals surface area contributed by atoms with E-state index in [1.807, 2.05) is 0 Å². The number of aliphatic hydroxyl groups is 1. The Morgan fingerprint density at radius 2 is 1.56 bits per heavy atom. The lowest BCUT2D eigenvalue weighted by atomic mass is 10.0. The second kappa shape index (κ2) is 7.63. The van der Waals surface area contributed by atoms with E-state index in [0.29, 0.717) is 12.8 Å². The molecule has 0 bridgehead atoms. The predicted molar refractivity (Wildman–Crippen MR) is 82.1 cm³/mol. The Kier molecular flexibility index (Phi) is 5.88. The number of carbonyl (C=O) groups is 2. The molecule has 0 atom stereocenters. The highest BCUT2D eigenvalue weighted by atomic mass is 19.2. The summed E-state index contributed by atoms with van der Waals surface area (Å²) in [6.07, 6.45) is 1.91. The Hall–Kier alpha value is -2.49. The molecule has 1 fully saturated rings. The number of halogens is 5. The van der Waals surface area contributed by atoms with E-state index in [9.17, 15) is 36.6 Å². The standard InChI is InChI=1S/C17H16F5NO4/c1-3-27-16(26)8(6-23(2)17(7-24)4-5-17)15(25)9-10(18)12(20)14(22)13(21)11(9)19/h6,24H,3-5,7H2,1-2H3. The van der Waals surface area contributed by atoms with Crippen LogP contribution in [0.25, 0.3) is 0 Å². The fourth-order valence-electron chi connectivity index (χ4n) is 2.45. The van der Waals surface area contributed by atoms with Crippen LogP contribution in [0.15, 0.2) is 11.8 Å². The van der Waals surface area contributed by atoms with E-state index in [-0.39, 0.29) is 13.2 Å². The molecule has 1 aromatic rings. The number of carbonyl (C=O) groups excluding carboxylic acids is 2. The summed E-state index contributed by atoms with van der Waals surface area (Å²) in [7, 11) is 1.40. The number of hydrogen-bond acceptors (Lipinski definition) is 5. The molecule has 0 amide bonds. The van der Waals surface area contributed by atoms with Crippen LogP contribution in [0.2, 0.25) is 0 Å². The average Bonchev–Trinajstić information content (AvgIpc) is 3.44. The summed E-state index contributed by atoms with van der Waals surface area (Å²) in [4.78, 5) is 25.9. The van der Waals surface area contributed by atoms with Gasteiger partial charge in [-0.25, -0.2) is 26.7 Å². The normalized spacial score (nSPS) is 15.5.